The molecule has 0 radical (unpaired) electrons. The predicted octanol–water partition coefficient (Wildman–Crippen LogP) is 2.04. The second kappa shape index (κ2) is 3.31. The summed E-state index contributed by atoms with van der Waals surface area (Å²) in [6.45, 7) is 1.19. The number of carbonyl (C=O) groups excluding carboxylic acids is 1. The van der Waals surface area contributed by atoms with Crippen LogP contribution in [0.15, 0.2) is 12.1 Å². The maximum Gasteiger partial charge on any atom is 0.177 e. The molecule has 1 aromatic rings. The molecule has 4 heteroatoms. The zero-order valence-electron chi connectivity index (χ0n) is 6.77. The van der Waals surface area contributed by atoms with E-state index in [0.29, 0.717) is 0 Å². The SMILES string of the molecule is CC(=O)c1ccc(F)c(F)c1C#N. The van der Waals surface area contributed by atoms with E-state index in [1.807, 2.05) is 0 Å². The van der Waals surface area contributed by atoms with Crippen LogP contribution < -0.4 is 0 Å². The Bertz CT molecular complexity index is 407. The summed E-state index contributed by atoms with van der Waals surface area (Å²) in [4.78, 5) is 10.8. The lowest BCUT2D eigenvalue weighted by molar-refractivity contribution is 0.101. The van der Waals surface area contributed by atoms with Gasteiger partial charge in [-0.2, -0.15) is 5.26 Å². The van der Waals surface area contributed by atoms with Crippen LogP contribution in [0.1, 0.15) is 22.8 Å². The first-order valence-electron chi connectivity index (χ1n) is 3.47. The van der Waals surface area contributed by atoms with Crippen molar-refractivity contribution >= 4 is 5.78 Å². The average molecular weight is 181 g/mol. The van der Waals surface area contributed by atoms with Crippen LogP contribution in [0.4, 0.5) is 8.78 Å². The molecular weight excluding hydrogens is 176 g/mol. The summed E-state index contributed by atoms with van der Waals surface area (Å²) in [7, 11) is 0. The maximum absolute atomic E-state index is 12.9. The number of hydrogen-bond acceptors (Lipinski definition) is 2. The molecule has 0 saturated carbocycles. The third kappa shape index (κ3) is 1.54. The number of rotatable bonds is 1. The summed E-state index contributed by atoms with van der Waals surface area (Å²) in [5.74, 6) is -2.85. The Morgan fingerprint density at radius 2 is 2.08 bits per heavy atom. The summed E-state index contributed by atoms with van der Waals surface area (Å²) in [5.41, 5.74) is -0.631. The molecule has 0 aromatic heterocycles. The molecular formula is C9H5F2NO. The molecule has 0 saturated heterocycles. The zero-order valence-corrected chi connectivity index (χ0v) is 6.77. The molecule has 0 aliphatic carbocycles. The number of nitriles is 1. The van der Waals surface area contributed by atoms with Crippen LogP contribution in [0.2, 0.25) is 0 Å². The largest absolute Gasteiger partial charge is 0.294 e. The first-order chi connectivity index (χ1) is 6.07. The molecule has 0 bridgehead atoms. The lowest BCUT2D eigenvalue weighted by Gasteiger charge is -2.00. The van der Waals surface area contributed by atoms with E-state index in [2.05, 4.69) is 0 Å². The third-order valence-corrected chi connectivity index (χ3v) is 1.59. The van der Waals surface area contributed by atoms with Crippen LogP contribution in [-0.4, -0.2) is 5.78 Å². The molecule has 0 fully saturated rings. The highest BCUT2D eigenvalue weighted by Crippen LogP contribution is 2.16. The molecule has 0 aliphatic heterocycles. The first-order valence-corrected chi connectivity index (χ1v) is 3.47. The first kappa shape index (κ1) is 9.33. The molecule has 0 heterocycles. The number of hydrogen-bond donors (Lipinski definition) is 0. The summed E-state index contributed by atoms with van der Waals surface area (Å²) in [6.07, 6.45) is 0. The maximum atomic E-state index is 12.9. The van der Waals surface area contributed by atoms with Crippen molar-refractivity contribution in [3.05, 3.63) is 34.9 Å². The van der Waals surface area contributed by atoms with Gasteiger partial charge in [0.1, 0.15) is 11.6 Å². The van der Waals surface area contributed by atoms with E-state index >= 15 is 0 Å². The van der Waals surface area contributed by atoms with E-state index in [0.717, 1.165) is 12.1 Å². The number of benzene rings is 1. The van der Waals surface area contributed by atoms with Crippen LogP contribution in [0.3, 0.4) is 0 Å². The summed E-state index contributed by atoms with van der Waals surface area (Å²) in [5, 5.41) is 8.46. The minimum Gasteiger partial charge on any atom is -0.294 e. The Balaban J connectivity index is 3.50. The van der Waals surface area contributed by atoms with Crippen molar-refractivity contribution in [1.82, 2.24) is 0 Å². The second-order valence-electron chi connectivity index (χ2n) is 2.45. The van der Waals surface area contributed by atoms with Crippen LogP contribution in [0, 0.1) is 23.0 Å². The molecule has 0 amide bonds. The van der Waals surface area contributed by atoms with Crippen molar-refractivity contribution < 1.29 is 13.6 Å². The summed E-state index contributed by atoms with van der Waals surface area (Å²) >= 11 is 0. The van der Waals surface area contributed by atoms with Gasteiger partial charge in [0.2, 0.25) is 0 Å². The number of ketones is 1. The van der Waals surface area contributed by atoms with Crippen molar-refractivity contribution in [3.8, 4) is 6.07 Å². The zero-order chi connectivity index (χ0) is 10.0. The Morgan fingerprint density at radius 1 is 1.46 bits per heavy atom. The van der Waals surface area contributed by atoms with Gasteiger partial charge >= 0.3 is 0 Å². The minimum atomic E-state index is -1.27. The quantitative estimate of drug-likeness (QED) is 0.622. The molecule has 0 atom stereocenters. The van der Waals surface area contributed by atoms with Gasteiger partial charge in [0, 0.05) is 5.56 Å². The monoisotopic (exact) mass is 181 g/mol. The number of nitrogens with zero attached hydrogens (tertiary/aromatic N) is 1. The van der Waals surface area contributed by atoms with Gasteiger partial charge in [-0.3, -0.25) is 4.79 Å². The normalized spacial score (nSPS) is 9.38. The van der Waals surface area contributed by atoms with Crippen LogP contribution in [0.25, 0.3) is 0 Å². The van der Waals surface area contributed by atoms with Gasteiger partial charge in [0.15, 0.2) is 17.4 Å². The summed E-state index contributed by atoms with van der Waals surface area (Å²) < 4.78 is 25.4. The average Bonchev–Trinajstić information content (AvgIpc) is 2.09. The van der Waals surface area contributed by atoms with Gasteiger partial charge in [0.25, 0.3) is 0 Å². The van der Waals surface area contributed by atoms with E-state index < -0.39 is 23.0 Å². The smallest absolute Gasteiger partial charge is 0.177 e. The molecule has 0 unspecified atom stereocenters. The molecule has 2 nitrogen and oxygen atoms in total. The number of Topliss-reactive ketones (excluding diaryl/α,β-unsaturated/α-hetero) is 1. The molecule has 1 aromatic carbocycles. The fraction of sp³-hybridized carbons (Fsp3) is 0.111. The Hall–Kier alpha value is -1.76. The number of halogens is 2. The molecule has 66 valence electrons. The van der Waals surface area contributed by atoms with E-state index in [4.69, 9.17) is 5.26 Å². The lowest BCUT2D eigenvalue weighted by atomic mass is 10.0. The van der Waals surface area contributed by atoms with E-state index in [9.17, 15) is 13.6 Å². The molecule has 0 spiro atoms. The number of carbonyl (C=O) groups is 1. The molecule has 1 rings (SSSR count). The Morgan fingerprint density at radius 3 is 2.54 bits per heavy atom. The molecule has 0 N–H and O–H groups in total. The third-order valence-electron chi connectivity index (χ3n) is 1.59. The van der Waals surface area contributed by atoms with E-state index in [1.54, 1.807) is 0 Å². The van der Waals surface area contributed by atoms with Crippen molar-refractivity contribution in [2.75, 3.05) is 0 Å². The van der Waals surface area contributed by atoms with E-state index in [1.165, 1.54) is 13.0 Å². The standard InChI is InChI=1S/C9H5F2NO/c1-5(13)6-2-3-8(10)9(11)7(6)4-12/h2-3H,1H3. The lowest BCUT2D eigenvalue weighted by Crippen LogP contribution is -2.01. The van der Waals surface area contributed by atoms with Gasteiger partial charge in [-0.1, -0.05) is 0 Å². The van der Waals surface area contributed by atoms with Gasteiger partial charge in [-0.15, -0.1) is 0 Å². The van der Waals surface area contributed by atoms with Crippen molar-refractivity contribution in [1.29, 1.82) is 5.26 Å². The highest BCUT2D eigenvalue weighted by Gasteiger charge is 2.15. The Kier molecular flexibility index (Phi) is 2.38. The van der Waals surface area contributed by atoms with Crippen molar-refractivity contribution in [3.63, 3.8) is 0 Å². The minimum absolute atomic E-state index is 0.0959. The topological polar surface area (TPSA) is 40.9 Å². The van der Waals surface area contributed by atoms with Crippen LogP contribution in [-0.2, 0) is 0 Å². The Labute approximate surface area is 73.4 Å². The van der Waals surface area contributed by atoms with E-state index in [-0.39, 0.29) is 5.56 Å². The predicted molar refractivity (Wildman–Crippen MR) is 41.1 cm³/mol. The van der Waals surface area contributed by atoms with Crippen LogP contribution in [0.5, 0.6) is 0 Å². The fourth-order valence-corrected chi connectivity index (χ4v) is 0.953. The molecule has 13 heavy (non-hydrogen) atoms. The second-order valence-corrected chi connectivity index (χ2v) is 2.45. The van der Waals surface area contributed by atoms with Crippen molar-refractivity contribution in [2.24, 2.45) is 0 Å². The summed E-state index contributed by atoms with van der Waals surface area (Å²) in [6, 6.07) is 3.37. The van der Waals surface area contributed by atoms with Crippen LogP contribution >= 0.6 is 0 Å². The van der Waals surface area contributed by atoms with Gasteiger partial charge in [-0.05, 0) is 19.1 Å². The highest BCUT2D eigenvalue weighted by molar-refractivity contribution is 5.96. The molecule has 0 aliphatic rings. The van der Waals surface area contributed by atoms with Crippen molar-refractivity contribution in [2.45, 2.75) is 6.92 Å². The highest BCUT2D eigenvalue weighted by atomic mass is 19.2. The van der Waals surface area contributed by atoms with Gasteiger partial charge < -0.3 is 0 Å². The van der Waals surface area contributed by atoms with Gasteiger partial charge in [-0.25, -0.2) is 8.78 Å². The fourth-order valence-electron chi connectivity index (χ4n) is 0.953. The van der Waals surface area contributed by atoms with Gasteiger partial charge in [0.05, 0.1) is 0 Å².